The third-order valence-electron chi connectivity index (χ3n) is 5.12. The molecule has 0 N–H and O–H groups in total. The zero-order valence-electron chi connectivity index (χ0n) is 16.1. The fraction of sp³-hybridized carbons (Fsp3) is 0.0909. The number of methoxy groups -OCH3 is 1. The van der Waals surface area contributed by atoms with Crippen molar-refractivity contribution in [3.63, 3.8) is 0 Å². The van der Waals surface area contributed by atoms with Crippen LogP contribution in [-0.2, 0) is 0 Å². The highest BCUT2D eigenvalue weighted by molar-refractivity contribution is 9.10. The van der Waals surface area contributed by atoms with E-state index in [4.69, 9.17) is 4.74 Å². The molecule has 2 aromatic heterocycles. The van der Waals surface area contributed by atoms with E-state index in [0.717, 1.165) is 4.47 Å². The number of imide groups is 1. The number of carbonyl (C=O) groups is 2. The number of rotatable bonds is 3. The molecule has 0 radical (unpaired) electrons. The Balaban J connectivity index is 1.72. The summed E-state index contributed by atoms with van der Waals surface area (Å²) >= 11 is 3.37. The molecule has 148 valence electrons. The lowest BCUT2D eigenvalue weighted by Gasteiger charge is -2.13. The van der Waals surface area contributed by atoms with E-state index in [1.54, 1.807) is 43.0 Å². The lowest BCUT2D eigenvalue weighted by atomic mass is 10.1. The third kappa shape index (κ3) is 2.57. The Labute approximate surface area is 180 Å². The van der Waals surface area contributed by atoms with Crippen molar-refractivity contribution in [1.29, 1.82) is 0 Å². The first-order chi connectivity index (χ1) is 14.5. The van der Waals surface area contributed by atoms with Gasteiger partial charge in [-0.15, -0.1) is 0 Å². The number of ether oxygens (including phenoxy) is 1. The van der Waals surface area contributed by atoms with Gasteiger partial charge in [-0.25, -0.2) is 14.6 Å². The number of anilines is 1. The summed E-state index contributed by atoms with van der Waals surface area (Å²) in [6.45, 7) is 1.80. The number of halogens is 1. The average Bonchev–Trinajstić information content (AvgIpc) is 3.23. The molecule has 2 aromatic carbocycles. The second-order valence-electron chi connectivity index (χ2n) is 6.84. The van der Waals surface area contributed by atoms with E-state index >= 15 is 0 Å². The Morgan fingerprint density at radius 3 is 2.47 bits per heavy atom. The molecule has 2 amide bonds. The van der Waals surface area contributed by atoms with Crippen LogP contribution in [0, 0.1) is 6.92 Å². The van der Waals surface area contributed by atoms with Crippen LogP contribution in [0.25, 0.3) is 16.7 Å². The van der Waals surface area contributed by atoms with Crippen molar-refractivity contribution in [2.24, 2.45) is 0 Å². The summed E-state index contributed by atoms with van der Waals surface area (Å²) in [6.07, 6.45) is 1.45. The number of nitrogens with zero attached hydrogens (tertiary/aromatic N) is 4. The summed E-state index contributed by atoms with van der Waals surface area (Å²) in [5.74, 6) is -0.147. The van der Waals surface area contributed by atoms with Gasteiger partial charge in [0.15, 0.2) is 5.65 Å². The van der Waals surface area contributed by atoms with Crippen LogP contribution in [0.5, 0.6) is 5.75 Å². The molecule has 0 spiro atoms. The maximum Gasteiger partial charge on any atom is 0.267 e. The van der Waals surface area contributed by atoms with Gasteiger partial charge in [0, 0.05) is 10.7 Å². The number of hydrogen-bond acceptors (Lipinski definition) is 5. The van der Waals surface area contributed by atoms with Crippen molar-refractivity contribution in [2.75, 3.05) is 12.0 Å². The van der Waals surface area contributed by atoms with Crippen LogP contribution in [0.15, 0.2) is 59.2 Å². The van der Waals surface area contributed by atoms with Crippen molar-refractivity contribution in [2.45, 2.75) is 6.92 Å². The molecule has 0 saturated carbocycles. The largest absolute Gasteiger partial charge is 0.494 e. The van der Waals surface area contributed by atoms with Gasteiger partial charge in [-0.3, -0.25) is 9.59 Å². The van der Waals surface area contributed by atoms with Gasteiger partial charge in [-0.1, -0.05) is 28.1 Å². The van der Waals surface area contributed by atoms with Crippen molar-refractivity contribution < 1.29 is 14.3 Å². The molecule has 8 heteroatoms. The zero-order valence-corrected chi connectivity index (χ0v) is 17.7. The van der Waals surface area contributed by atoms with Gasteiger partial charge in [0.25, 0.3) is 11.8 Å². The number of fused-ring (bicyclic) bond motifs is 3. The molecule has 0 bridgehead atoms. The topological polar surface area (TPSA) is 77.3 Å². The van der Waals surface area contributed by atoms with Crippen molar-refractivity contribution in [3.05, 3.63) is 76.0 Å². The third-order valence-corrected chi connectivity index (χ3v) is 5.65. The van der Waals surface area contributed by atoms with E-state index in [0.29, 0.717) is 39.4 Å². The summed E-state index contributed by atoms with van der Waals surface area (Å²) in [5.41, 5.74) is 2.91. The number of pyridine rings is 1. The lowest BCUT2D eigenvalue weighted by molar-refractivity contribution is 0.0926. The van der Waals surface area contributed by atoms with Gasteiger partial charge in [-0.2, -0.15) is 5.10 Å². The number of carbonyl (C=O) groups excluding carboxylic acids is 2. The van der Waals surface area contributed by atoms with Gasteiger partial charge in [-0.05, 0) is 43.3 Å². The van der Waals surface area contributed by atoms with Crippen LogP contribution in [-0.4, -0.2) is 33.7 Å². The highest BCUT2D eigenvalue weighted by Gasteiger charge is 2.40. The minimum atomic E-state index is -0.392. The molecular formula is C22H15BrN4O3. The average molecular weight is 463 g/mol. The minimum Gasteiger partial charge on any atom is -0.494 e. The van der Waals surface area contributed by atoms with Crippen LogP contribution in [0.1, 0.15) is 26.4 Å². The molecular weight excluding hydrogens is 448 g/mol. The highest BCUT2D eigenvalue weighted by Crippen LogP contribution is 2.35. The number of para-hydroxylation sites is 2. The standard InChI is InChI=1S/C22H15BrN4O3/c1-12-18-19-15(21(28)26(22(19)29)14-9-7-13(23)8-10-14)11-24-20(18)27(25-12)16-5-3-4-6-17(16)30-2/h3-11H,1-2H3. The van der Waals surface area contributed by atoms with E-state index < -0.39 is 5.91 Å². The maximum absolute atomic E-state index is 13.3. The van der Waals surface area contributed by atoms with Gasteiger partial charge in [0.05, 0.1) is 35.0 Å². The lowest BCUT2D eigenvalue weighted by Crippen LogP contribution is -2.29. The normalized spacial score (nSPS) is 13.2. The van der Waals surface area contributed by atoms with Crippen LogP contribution < -0.4 is 9.64 Å². The predicted octanol–water partition coefficient (Wildman–Crippen LogP) is 4.30. The SMILES string of the molecule is COc1ccccc1-n1nc(C)c2c3c(cnc21)C(=O)N(c1ccc(Br)cc1)C3=O. The first kappa shape index (κ1) is 18.5. The molecule has 3 heterocycles. The number of aryl methyl sites for hydroxylation is 1. The molecule has 0 saturated heterocycles. The van der Waals surface area contributed by atoms with Crippen LogP contribution in [0.3, 0.4) is 0 Å². The number of amides is 2. The Hall–Kier alpha value is -3.52. The quantitative estimate of drug-likeness (QED) is 0.424. The molecule has 1 aliphatic heterocycles. The molecule has 4 aromatic rings. The van der Waals surface area contributed by atoms with E-state index in [1.807, 2.05) is 24.3 Å². The first-order valence-electron chi connectivity index (χ1n) is 9.17. The van der Waals surface area contributed by atoms with Gasteiger partial charge in [0.2, 0.25) is 0 Å². The Morgan fingerprint density at radius 2 is 1.73 bits per heavy atom. The molecule has 1 aliphatic rings. The molecule has 7 nitrogen and oxygen atoms in total. The molecule has 0 atom stereocenters. The second-order valence-corrected chi connectivity index (χ2v) is 7.75. The van der Waals surface area contributed by atoms with E-state index in [-0.39, 0.29) is 11.5 Å². The van der Waals surface area contributed by atoms with Crippen LogP contribution in [0.2, 0.25) is 0 Å². The van der Waals surface area contributed by atoms with Gasteiger partial charge in [0.1, 0.15) is 11.4 Å². The maximum atomic E-state index is 13.3. The van der Waals surface area contributed by atoms with E-state index in [2.05, 4.69) is 26.0 Å². The molecule has 0 unspecified atom stereocenters. The van der Waals surface area contributed by atoms with Gasteiger partial charge < -0.3 is 4.74 Å². The van der Waals surface area contributed by atoms with E-state index in [1.165, 1.54) is 11.1 Å². The fourth-order valence-corrected chi connectivity index (χ4v) is 4.02. The summed E-state index contributed by atoms with van der Waals surface area (Å²) in [4.78, 5) is 32.0. The number of benzene rings is 2. The van der Waals surface area contributed by atoms with Crippen LogP contribution in [0.4, 0.5) is 5.69 Å². The Morgan fingerprint density at radius 1 is 1.00 bits per heavy atom. The van der Waals surface area contributed by atoms with Crippen molar-refractivity contribution in [3.8, 4) is 11.4 Å². The Kier molecular flexibility index (Phi) is 4.18. The molecule has 30 heavy (non-hydrogen) atoms. The summed E-state index contributed by atoms with van der Waals surface area (Å²) in [6, 6.07) is 14.5. The predicted molar refractivity (Wildman–Crippen MR) is 115 cm³/mol. The van der Waals surface area contributed by atoms with Gasteiger partial charge >= 0.3 is 0 Å². The summed E-state index contributed by atoms with van der Waals surface area (Å²) in [5, 5.41) is 5.17. The molecule has 0 aliphatic carbocycles. The van der Waals surface area contributed by atoms with E-state index in [9.17, 15) is 9.59 Å². The fourth-order valence-electron chi connectivity index (χ4n) is 3.76. The number of hydrogen-bond donors (Lipinski definition) is 0. The van der Waals surface area contributed by atoms with Crippen molar-refractivity contribution >= 4 is 44.5 Å². The zero-order chi connectivity index (χ0) is 21.0. The summed E-state index contributed by atoms with van der Waals surface area (Å²) < 4.78 is 7.96. The minimum absolute atomic E-state index is 0.276. The summed E-state index contributed by atoms with van der Waals surface area (Å²) in [7, 11) is 1.58. The number of aromatic nitrogens is 3. The first-order valence-corrected chi connectivity index (χ1v) is 9.96. The highest BCUT2D eigenvalue weighted by atomic mass is 79.9. The van der Waals surface area contributed by atoms with Crippen molar-refractivity contribution in [1.82, 2.24) is 14.8 Å². The second kappa shape index (κ2) is 6.77. The molecule has 5 rings (SSSR count). The smallest absolute Gasteiger partial charge is 0.267 e. The monoisotopic (exact) mass is 462 g/mol. The Bertz CT molecular complexity index is 1340. The molecule has 0 fully saturated rings. The van der Waals surface area contributed by atoms with Crippen LogP contribution >= 0.6 is 15.9 Å².